The summed E-state index contributed by atoms with van der Waals surface area (Å²) in [5, 5.41) is 11.9. The van der Waals surface area contributed by atoms with Crippen LogP contribution in [0, 0.1) is 0 Å². The highest BCUT2D eigenvalue weighted by Crippen LogP contribution is 2.14. The molecule has 0 aliphatic rings. The van der Waals surface area contributed by atoms with Crippen LogP contribution in [-0.2, 0) is 17.9 Å². The molecular formula is C17H18N2O4S. The minimum atomic E-state index is -0.778. The highest BCUT2D eigenvalue weighted by atomic mass is 32.1. The van der Waals surface area contributed by atoms with E-state index in [1.807, 2.05) is 29.6 Å². The van der Waals surface area contributed by atoms with E-state index >= 15 is 0 Å². The van der Waals surface area contributed by atoms with Crippen LogP contribution in [0.4, 0.5) is 0 Å². The van der Waals surface area contributed by atoms with Crippen LogP contribution in [0.25, 0.3) is 10.2 Å². The van der Waals surface area contributed by atoms with Crippen LogP contribution in [0.5, 0.6) is 5.75 Å². The number of ether oxygens (including phenoxy) is 2. The second-order valence-corrected chi connectivity index (χ2v) is 6.27. The number of nitrogens with zero attached hydrogens (tertiary/aromatic N) is 2. The third-order valence-corrected chi connectivity index (χ3v) is 4.47. The van der Waals surface area contributed by atoms with Gasteiger partial charge < -0.3 is 14.6 Å². The lowest BCUT2D eigenvalue weighted by Crippen LogP contribution is -2.29. The van der Waals surface area contributed by atoms with E-state index in [2.05, 4.69) is 4.98 Å². The van der Waals surface area contributed by atoms with Crippen LogP contribution >= 0.6 is 11.3 Å². The van der Waals surface area contributed by atoms with E-state index in [0.29, 0.717) is 16.8 Å². The lowest BCUT2D eigenvalue weighted by Gasteiger charge is -2.13. The van der Waals surface area contributed by atoms with E-state index in [0.717, 1.165) is 11.3 Å². The van der Waals surface area contributed by atoms with Gasteiger partial charge in [-0.2, -0.15) is 0 Å². The first kappa shape index (κ1) is 16.6. The zero-order valence-electron chi connectivity index (χ0n) is 13.2. The van der Waals surface area contributed by atoms with Gasteiger partial charge in [0.2, 0.25) is 0 Å². The molecule has 1 unspecified atom stereocenters. The topological polar surface area (TPSA) is 73.6 Å². The highest BCUT2D eigenvalue weighted by molar-refractivity contribution is 7.17. The minimum Gasteiger partial charge on any atom is -0.497 e. The number of aliphatic hydroxyl groups excluding tert-OH is 1. The fourth-order valence-electron chi connectivity index (χ4n) is 2.32. The fourth-order valence-corrected chi connectivity index (χ4v) is 3.12. The highest BCUT2D eigenvalue weighted by Gasteiger charge is 2.10. The van der Waals surface area contributed by atoms with Crippen molar-refractivity contribution in [2.24, 2.45) is 0 Å². The Bertz CT molecular complexity index is 857. The first-order valence-electron chi connectivity index (χ1n) is 7.49. The molecule has 0 radical (unpaired) electrons. The summed E-state index contributed by atoms with van der Waals surface area (Å²) in [6, 6.07) is 9.34. The molecule has 0 amide bonds. The van der Waals surface area contributed by atoms with Gasteiger partial charge in [0, 0.05) is 0 Å². The summed E-state index contributed by atoms with van der Waals surface area (Å²) >= 11 is 1.35. The molecule has 0 fully saturated rings. The van der Waals surface area contributed by atoms with Gasteiger partial charge in [0.05, 0.1) is 44.8 Å². The summed E-state index contributed by atoms with van der Waals surface area (Å²) in [6.45, 7) is 0.682. The number of methoxy groups -OCH3 is 1. The molecule has 0 saturated heterocycles. The second-order valence-electron chi connectivity index (χ2n) is 5.35. The van der Waals surface area contributed by atoms with Gasteiger partial charge in [-0.25, -0.2) is 4.98 Å². The molecule has 3 rings (SSSR count). The van der Waals surface area contributed by atoms with Gasteiger partial charge >= 0.3 is 0 Å². The predicted molar refractivity (Wildman–Crippen MR) is 92.5 cm³/mol. The Hall–Kier alpha value is -2.22. The number of aliphatic hydroxyl groups is 1. The average Bonchev–Trinajstić information content (AvgIpc) is 3.07. The van der Waals surface area contributed by atoms with Gasteiger partial charge in [-0.3, -0.25) is 9.36 Å². The van der Waals surface area contributed by atoms with Gasteiger partial charge in [0.1, 0.15) is 10.4 Å². The zero-order valence-corrected chi connectivity index (χ0v) is 14.0. The van der Waals surface area contributed by atoms with Crippen LogP contribution in [0.2, 0.25) is 0 Å². The summed E-state index contributed by atoms with van der Waals surface area (Å²) in [5.41, 5.74) is 1.54. The minimum absolute atomic E-state index is 0.135. The van der Waals surface area contributed by atoms with E-state index in [-0.39, 0.29) is 18.7 Å². The molecule has 1 aromatic carbocycles. The Morgan fingerprint density at radius 2 is 2.08 bits per heavy atom. The van der Waals surface area contributed by atoms with E-state index in [1.54, 1.807) is 13.2 Å². The molecular weight excluding hydrogens is 328 g/mol. The number of thiophene rings is 1. The predicted octanol–water partition coefficient (Wildman–Crippen LogP) is 2.04. The maximum atomic E-state index is 12.3. The lowest BCUT2D eigenvalue weighted by molar-refractivity contribution is 0.0198. The number of benzene rings is 1. The second kappa shape index (κ2) is 7.57. The quantitative estimate of drug-likeness (QED) is 0.709. The van der Waals surface area contributed by atoms with Crippen LogP contribution in [0.15, 0.2) is 46.8 Å². The maximum Gasteiger partial charge on any atom is 0.271 e. The largest absolute Gasteiger partial charge is 0.497 e. The number of hydrogen-bond acceptors (Lipinski definition) is 6. The Balaban J connectivity index is 1.53. The lowest BCUT2D eigenvalue weighted by atomic mass is 10.2. The Labute approximate surface area is 142 Å². The van der Waals surface area contributed by atoms with E-state index in [4.69, 9.17) is 9.47 Å². The molecule has 3 aromatic rings. The number of fused-ring (bicyclic) bond motifs is 1. The van der Waals surface area contributed by atoms with E-state index in [9.17, 15) is 9.90 Å². The first-order chi connectivity index (χ1) is 11.7. The van der Waals surface area contributed by atoms with E-state index < -0.39 is 6.10 Å². The third-order valence-electron chi connectivity index (χ3n) is 3.58. The van der Waals surface area contributed by atoms with Crippen molar-refractivity contribution in [3.63, 3.8) is 0 Å². The van der Waals surface area contributed by atoms with Gasteiger partial charge in [-0.05, 0) is 29.1 Å². The van der Waals surface area contributed by atoms with Gasteiger partial charge in [0.25, 0.3) is 5.56 Å². The summed E-state index contributed by atoms with van der Waals surface area (Å²) in [4.78, 5) is 16.5. The molecule has 2 heterocycles. The molecule has 6 nitrogen and oxygen atoms in total. The summed E-state index contributed by atoms with van der Waals surface area (Å²) < 4.78 is 12.6. The van der Waals surface area contributed by atoms with Gasteiger partial charge in [-0.1, -0.05) is 12.1 Å². The normalized spacial score (nSPS) is 12.4. The number of hydrogen-bond donors (Lipinski definition) is 1. The summed E-state index contributed by atoms with van der Waals surface area (Å²) in [5.74, 6) is 0.787. The van der Waals surface area contributed by atoms with Crippen molar-refractivity contribution in [2.75, 3.05) is 13.7 Å². The molecule has 0 aliphatic heterocycles. The van der Waals surface area contributed by atoms with Gasteiger partial charge in [-0.15, -0.1) is 11.3 Å². The SMILES string of the molecule is COc1ccc(COCC(O)Cn2cnc3ccsc3c2=O)cc1. The molecule has 2 aromatic heterocycles. The number of rotatable bonds is 7. The molecule has 1 atom stereocenters. The molecule has 126 valence electrons. The summed E-state index contributed by atoms with van der Waals surface area (Å²) in [7, 11) is 1.62. The molecule has 0 bridgehead atoms. The number of aromatic nitrogens is 2. The van der Waals surface area contributed by atoms with Crippen molar-refractivity contribution in [3.05, 3.63) is 58.0 Å². The van der Waals surface area contributed by atoms with Gasteiger partial charge in [0.15, 0.2) is 0 Å². The average molecular weight is 346 g/mol. The summed E-state index contributed by atoms with van der Waals surface area (Å²) in [6.07, 6.45) is 0.685. The van der Waals surface area contributed by atoms with E-state index in [1.165, 1.54) is 22.2 Å². The smallest absolute Gasteiger partial charge is 0.271 e. The van der Waals surface area contributed by atoms with Crippen LogP contribution in [0.3, 0.4) is 0 Å². The standard InChI is InChI=1S/C17H18N2O4S/c1-22-14-4-2-12(3-5-14)9-23-10-13(20)8-19-11-18-15-6-7-24-16(15)17(19)21/h2-7,11,13,20H,8-10H2,1H3. The van der Waals surface area contributed by atoms with Crippen molar-refractivity contribution in [3.8, 4) is 5.75 Å². The van der Waals surface area contributed by atoms with Crippen LogP contribution in [0.1, 0.15) is 5.56 Å². The van der Waals surface area contributed by atoms with Crippen molar-refractivity contribution < 1.29 is 14.6 Å². The molecule has 0 spiro atoms. The molecule has 7 heteroatoms. The van der Waals surface area contributed by atoms with Crippen molar-refractivity contribution in [2.45, 2.75) is 19.3 Å². The monoisotopic (exact) mass is 346 g/mol. The Kier molecular flexibility index (Phi) is 5.24. The fraction of sp³-hybridized carbons (Fsp3) is 0.294. The maximum absolute atomic E-state index is 12.3. The third kappa shape index (κ3) is 3.81. The van der Waals surface area contributed by atoms with Crippen LogP contribution in [-0.4, -0.2) is 34.5 Å². The Morgan fingerprint density at radius 1 is 1.29 bits per heavy atom. The molecule has 0 saturated carbocycles. The van der Waals surface area contributed by atoms with Crippen molar-refractivity contribution >= 4 is 21.6 Å². The van der Waals surface area contributed by atoms with Crippen molar-refractivity contribution in [1.29, 1.82) is 0 Å². The van der Waals surface area contributed by atoms with Crippen molar-refractivity contribution in [1.82, 2.24) is 9.55 Å². The Morgan fingerprint density at radius 3 is 2.83 bits per heavy atom. The molecule has 24 heavy (non-hydrogen) atoms. The molecule has 0 aliphatic carbocycles. The molecule has 1 N–H and O–H groups in total. The zero-order chi connectivity index (χ0) is 16.9. The first-order valence-corrected chi connectivity index (χ1v) is 8.36. The van der Waals surface area contributed by atoms with Crippen LogP contribution < -0.4 is 10.3 Å².